The molecule has 7 rings (SSSR count). The van der Waals surface area contributed by atoms with Crippen molar-refractivity contribution >= 4 is 35.6 Å². The van der Waals surface area contributed by atoms with E-state index in [9.17, 15) is 29.1 Å². The van der Waals surface area contributed by atoms with Crippen LogP contribution >= 0.6 is 0 Å². The van der Waals surface area contributed by atoms with E-state index in [1.165, 1.54) is 0 Å². The van der Waals surface area contributed by atoms with Crippen LogP contribution in [0.1, 0.15) is 80.0 Å². The smallest absolute Gasteiger partial charge is 0.410 e. The Bertz CT molecular complexity index is 1850. The fraction of sp³-hybridized carbons (Fsp3) is 0.630. The van der Waals surface area contributed by atoms with Gasteiger partial charge in [0.15, 0.2) is 6.10 Å². The number of urea groups is 1. The predicted molar refractivity (Wildman–Crippen MR) is 230 cm³/mol. The van der Waals surface area contributed by atoms with Crippen LogP contribution in [-0.2, 0) is 36.7 Å². The maximum Gasteiger partial charge on any atom is 0.410 e. The second-order valence-electron chi connectivity index (χ2n) is 17.5. The number of phenolic OH excluding ortho intramolecular Hbond substituents is 1. The van der Waals surface area contributed by atoms with Gasteiger partial charge in [-0.25, -0.2) is 9.59 Å². The van der Waals surface area contributed by atoms with Crippen molar-refractivity contribution in [3.8, 4) is 5.75 Å². The lowest BCUT2D eigenvalue weighted by molar-refractivity contribution is -0.145. The zero-order valence-electron chi connectivity index (χ0n) is 36.2. The zero-order chi connectivity index (χ0) is 42.9. The predicted octanol–water partition coefficient (Wildman–Crippen LogP) is 4.56. The molecule has 0 radical (unpaired) electrons. The molecule has 15 nitrogen and oxygen atoms in total. The highest BCUT2D eigenvalue weighted by molar-refractivity contribution is 5.91. The second-order valence-corrected chi connectivity index (χ2v) is 17.5. The molecular formula is C46H65N7O8. The Hall–Kier alpha value is -4.89. The number of aryl methyl sites for hydroxylation is 2. The van der Waals surface area contributed by atoms with Crippen molar-refractivity contribution in [3.05, 3.63) is 58.7 Å². The summed E-state index contributed by atoms with van der Waals surface area (Å²) in [5.41, 5.74) is 4.17. The van der Waals surface area contributed by atoms with Crippen molar-refractivity contribution in [2.24, 2.45) is 0 Å². The van der Waals surface area contributed by atoms with Gasteiger partial charge in [0.25, 0.3) is 5.91 Å². The number of carbonyl (C=O) groups excluding carboxylic acids is 5. The minimum absolute atomic E-state index is 0.00861. The van der Waals surface area contributed by atoms with Gasteiger partial charge >= 0.3 is 18.1 Å². The van der Waals surface area contributed by atoms with Crippen molar-refractivity contribution in [1.82, 2.24) is 29.4 Å². The number of piperidine rings is 3. The van der Waals surface area contributed by atoms with E-state index in [2.05, 4.69) is 15.1 Å². The summed E-state index contributed by atoms with van der Waals surface area (Å²) in [5, 5.41) is 13.5. The molecule has 0 unspecified atom stereocenters. The SMILES string of the molecule is Cc1cc(C[C@@H](OC(=O)N2CCC(N3CCc4ccccc4NC3=O)CC2)C(=O)N2CCN(C3CCN(CCC(=O)OCCCN4CCCCC4=O)CC3)CC2)cc(C)c1O. The van der Waals surface area contributed by atoms with Crippen LogP contribution in [0.25, 0.3) is 0 Å². The number of para-hydroxylation sites is 1. The van der Waals surface area contributed by atoms with Crippen LogP contribution in [0.3, 0.4) is 0 Å². The third-order valence-corrected chi connectivity index (χ3v) is 13.4. The molecule has 0 aromatic heterocycles. The van der Waals surface area contributed by atoms with Crippen LogP contribution in [-0.4, -0.2) is 168 Å². The Balaban J connectivity index is 0.862. The lowest BCUT2D eigenvalue weighted by Crippen LogP contribution is -2.56. The molecule has 332 valence electrons. The number of anilines is 1. The van der Waals surface area contributed by atoms with Gasteiger partial charge in [0.05, 0.1) is 13.0 Å². The molecule has 0 aliphatic carbocycles. The minimum Gasteiger partial charge on any atom is -0.507 e. The van der Waals surface area contributed by atoms with E-state index >= 15 is 0 Å². The lowest BCUT2D eigenvalue weighted by Gasteiger charge is -2.43. The van der Waals surface area contributed by atoms with E-state index in [0.717, 1.165) is 81.6 Å². The molecule has 1 atom stereocenters. The van der Waals surface area contributed by atoms with Crippen LogP contribution in [0.2, 0.25) is 0 Å². The Morgan fingerprint density at radius 1 is 0.803 bits per heavy atom. The number of piperazine rings is 1. The summed E-state index contributed by atoms with van der Waals surface area (Å²) in [6.45, 7) is 11.9. The number of rotatable bonds is 13. The molecule has 2 N–H and O–H groups in total. The van der Waals surface area contributed by atoms with Crippen molar-refractivity contribution in [3.63, 3.8) is 0 Å². The average molecular weight is 844 g/mol. The molecule has 0 bridgehead atoms. The second kappa shape index (κ2) is 20.8. The Labute approximate surface area is 360 Å². The van der Waals surface area contributed by atoms with Crippen LogP contribution in [0, 0.1) is 13.8 Å². The van der Waals surface area contributed by atoms with Crippen LogP contribution < -0.4 is 5.32 Å². The lowest BCUT2D eigenvalue weighted by atomic mass is 10.00. The maximum absolute atomic E-state index is 14.3. The quantitative estimate of drug-likeness (QED) is 0.217. The van der Waals surface area contributed by atoms with Gasteiger partial charge in [-0.3, -0.25) is 19.3 Å². The maximum atomic E-state index is 14.3. The number of likely N-dealkylation sites (tertiary alicyclic amines) is 3. The van der Waals surface area contributed by atoms with Gasteiger partial charge in [0.2, 0.25) is 5.91 Å². The van der Waals surface area contributed by atoms with E-state index in [-0.39, 0.29) is 42.0 Å². The molecule has 2 aromatic rings. The number of nitrogens with one attached hydrogen (secondary N) is 1. The van der Waals surface area contributed by atoms with Crippen LogP contribution in [0.5, 0.6) is 5.75 Å². The molecule has 5 aliphatic heterocycles. The monoisotopic (exact) mass is 843 g/mol. The number of hydrogen-bond acceptors (Lipinski definition) is 10. The van der Waals surface area contributed by atoms with Crippen LogP contribution in [0.4, 0.5) is 15.3 Å². The van der Waals surface area contributed by atoms with Gasteiger partial charge in [-0.2, -0.15) is 0 Å². The number of nitrogens with zero attached hydrogens (tertiary/aromatic N) is 6. The Morgan fingerprint density at radius 2 is 1.51 bits per heavy atom. The third-order valence-electron chi connectivity index (χ3n) is 13.4. The average Bonchev–Trinajstić information content (AvgIpc) is 3.44. The van der Waals surface area contributed by atoms with Gasteiger partial charge in [-0.15, -0.1) is 0 Å². The molecule has 4 fully saturated rings. The summed E-state index contributed by atoms with van der Waals surface area (Å²) >= 11 is 0. The number of carbonyl (C=O) groups is 5. The van der Waals surface area contributed by atoms with Gasteiger partial charge in [-0.1, -0.05) is 30.3 Å². The van der Waals surface area contributed by atoms with E-state index in [4.69, 9.17) is 9.47 Å². The highest BCUT2D eigenvalue weighted by Crippen LogP contribution is 2.27. The highest BCUT2D eigenvalue weighted by Gasteiger charge is 2.36. The number of phenols is 1. The molecule has 0 saturated carbocycles. The van der Waals surface area contributed by atoms with E-state index in [0.29, 0.717) is 102 Å². The number of aromatic hydroxyl groups is 1. The number of amides is 5. The summed E-state index contributed by atoms with van der Waals surface area (Å²) in [5.74, 6) is 0.0110. The molecule has 5 amide bonds. The summed E-state index contributed by atoms with van der Waals surface area (Å²) in [6.07, 6.45) is 6.27. The molecular weight excluding hydrogens is 779 g/mol. The molecule has 15 heteroatoms. The number of fused-ring (bicyclic) bond motifs is 1. The molecule has 5 aliphatic rings. The first-order valence-electron chi connectivity index (χ1n) is 22.6. The summed E-state index contributed by atoms with van der Waals surface area (Å²) in [6, 6.07) is 11.8. The first-order valence-corrected chi connectivity index (χ1v) is 22.6. The number of esters is 1. The van der Waals surface area contributed by atoms with E-state index in [1.807, 2.05) is 64.9 Å². The molecule has 5 heterocycles. The van der Waals surface area contributed by atoms with Gasteiger partial charge in [0, 0.05) is 96.1 Å². The van der Waals surface area contributed by atoms with E-state index < -0.39 is 12.2 Å². The van der Waals surface area contributed by atoms with Gasteiger partial charge in [0.1, 0.15) is 5.75 Å². The highest BCUT2D eigenvalue weighted by atomic mass is 16.6. The minimum atomic E-state index is -1.02. The standard InChI is InChI=1S/C46H65N7O8/c1-33-30-35(31-34(2)43(33)56)32-40(61-46(59)52-22-14-38(15-23-52)53-24-11-36-8-3-4-9-39(36)47-45(53)58)44(57)51-27-25-49(26-28-51)37-12-19-48(20-13-37)21-16-42(55)60-29-7-18-50-17-6-5-10-41(50)54/h3-4,8-9,30-31,37-38,40,56H,5-7,10-29,32H2,1-2H3,(H,47,58)/t40-/m1/s1. The van der Waals surface area contributed by atoms with Crippen LogP contribution in [0.15, 0.2) is 36.4 Å². The van der Waals surface area contributed by atoms with E-state index in [1.54, 1.807) is 4.90 Å². The molecule has 61 heavy (non-hydrogen) atoms. The summed E-state index contributed by atoms with van der Waals surface area (Å²) < 4.78 is 11.6. The van der Waals surface area contributed by atoms with Crippen molar-refractivity contribution in [2.75, 3.05) is 90.5 Å². The number of ether oxygens (including phenoxy) is 2. The topological polar surface area (TPSA) is 156 Å². The van der Waals surface area contributed by atoms with Gasteiger partial charge in [-0.05, 0) is 107 Å². The Morgan fingerprint density at radius 3 is 2.23 bits per heavy atom. The van der Waals surface area contributed by atoms with Crippen molar-refractivity contribution in [2.45, 2.75) is 103 Å². The fourth-order valence-electron chi connectivity index (χ4n) is 9.73. The molecule has 2 aromatic carbocycles. The summed E-state index contributed by atoms with van der Waals surface area (Å²) in [7, 11) is 0. The largest absolute Gasteiger partial charge is 0.507 e. The zero-order valence-corrected chi connectivity index (χ0v) is 36.2. The van der Waals surface area contributed by atoms with Crippen molar-refractivity contribution in [1.29, 1.82) is 0 Å². The fourth-order valence-corrected chi connectivity index (χ4v) is 9.73. The molecule has 4 saturated heterocycles. The first kappa shape index (κ1) is 44.2. The summed E-state index contributed by atoms with van der Waals surface area (Å²) in [4.78, 5) is 77.6. The molecule has 0 spiro atoms. The first-order chi connectivity index (χ1) is 29.5. The number of benzene rings is 2. The number of hydrogen-bond donors (Lipinski definition) is 2. The normalized spacial score (nSPS) is 20.5. The van der Waals surface area contributed by atoms with Crippen molar-refractivity contribution < 1.29 is 38.6 Å². The third kappa shape index (κ3) is 11.5. The van der Waals surface area contributed by atoms with Gasteiger partial charge < -0.3 is 44.4 Å². The Kier molecular flexibility index (Phi) is 15.1.